The lowest BCUT2D eigenvalue weighted by atomic mass is 10.2. The molecule has 7 heteroatoms. The molecule has 2 aromatic rings. The van der Waals surface area contributed by atoms with Crippen molar-refractivity contribution in [2.24, 2.45) is 0 Å². The van der Waals surface area contributed by atoms with Gasteiger partial charge in [0.1, 0.15) is 5.02 Å². The molecule has 1 heterocycles. The van der Waals surface area contributed by atoms with Gasteiger partial charge in [0.25, 0.3) is 5.69 Å². The average Bonchev–Trinajstić information content (AvgIpc) is 2.65. The number of nitrogens with zero attached hydrogens (tertiary/aromatic N) is 2. The summed E-state index contributed by atoms with van der Waals surface area (Å²) in [5, 5.41) is 15.0. The lowest BCUT2D eigenvalue weighted by Crippen LogP contribution is -1.99. The van der Waals surface area contributed by atoms with Gasteiger partial charge in [0, 0.05) is 16.6 Å². The summed E-state index contributed by atoms with van der Waals surface area (Å²) in [7, 11) is 0. The van der Waals surface area contributed by atoms with Gasteiger partial charge in [-0.15, -0.1) is 11.3 Å². The lowest BCUT2D eigenvalue weighted by molar-refractivity contribution is -0.384. The van der Waals surface area contributed by atoms with Gasteiger partial charge in [-0.05, 0) is 26.0 Å². The van der Waals surface area contributed by atoms with E-state index in [1.807, 2.05) is 13.8 Å². The highest BCUT2D eigenvalue weighted by atomic mass is 35.5. The molecule has 0 radical (unpaired) electrons. The number of anilines is 1. The van der Waals surface area contributed by atoms with Crippen LogP contribution in [0.15, 0.2) is 18.2 Å². The van der Waals surface area contributed by atoms with Crippen molar-refractivity contribution in [3.63, 3.8) is 0 Å². The fourth-order valence-electron chi connectivity index (χ4n) is 1.68. The summed E-state index contributed by atoms with van der Waals surface area (Å²) < 4.78 is 0. The molecule has 0 aliphatic carbocycles. The molecule has 2 rings (SSSR count). The topological polar surface area (TPSA) is 68.1 Å². The number of hydrogen-bond acceptors (Lipinski definition) is 5. The van der Waals surface area contributed by atoms with Crippen LogP contribution in [0.2, 0.25) is 5.02 Å². The Labute approximate surface area is 119 Å². The first-order chi connectivity index (χ1) is 8.97. The van der Waals surface area contributed by atoms with Crippen LogP contribution in [-0.2, 0) is 6.54 Å². The summed E-state index contributed by atoms with van der Waals surface area (Å²) in [4.78, 5) is 15.6. The third-order valence-electron chi connectivity index (χ3n) is 2.60. The van der Waals surface area contributed by atoms with E-state index in [9.17, 15) is 10.1 Å². The summed E-state index contributed by atoms with van der Waals surface area (Å²) in [5.74, 6) is 0. The largest absolute Gasteiger partial charge is 0.380 e. The van der Waals surface area contributed by atoms with Gasteiger partial charge in [-0.25, -0.2) is 4.98 Å². The van der Waals surface area contributed by atoms with Gasteiger partial charge in [-0.3, -0.25) is 10.1 Å². The molecule has 100 valence electrons. The van der Waals surface area contributed by atoms with Crippen molar-refractivity contribution in [3.8, 4) is 0 Å². The molecule has 0 saturated carbocycles. The number of aromatic nitrogens is 1. The predicted octanol–water partition coefficient (Wildman–Crippen LogP) is 3.93. The first-order valence-electron chi connectivity index (χ1n) is 5.58. The number of aryl methyl sites for hydroxylation is 2. The van der Waals surface area contributed by atoms with Crippen LogP contribution in [0.5, 0.6) is 0 Å². The third kappa shape index (κ3) is 3.21. The first-order valence-corrected chi connectivity index (χ1v) is 6.77. The molecule has 1 aromatic heterocycles. The fourth-order valence-corrected chi connectivity index (χ4v) is 2.81. The molecule has 0 bridgehead atoms. The highest BCUT2D eigenvalue weighted by molar-refractivity contribution is 7.11. The summed E-state index contributed by atoms with van der Waals surface area (Å²) in [5.41, 5.74) is 1.67. The summed E-state index contributed by atoms with van der Waals surface area (Å²) in [6.45, 7) is 4.55. The van der Waals surface area contributed by atoms with Gasteiger partial charge in [0.2, 0.25) is 0 Å². The maximum Gasteiger partial charge on any atom is 0.288 e. The standard InChI is InChI=1S/C12H12ClN3O2S/c1-7-12(19-8(2)15-7)6-14-9-3-4-11(16(17)18)10(13)5-9/h3-5,14H,6H2,1-2H3. The molecular formula is C12H12ClN3O2S. The molecule has 5 nitrogen and oxygen atoms in total. The van der Waals surface area contributed by atoms with Crippen molar-refractivity contribution in [1.82, 2.24) is 4.98 Å². The number of benzene rings is 1. The minimum Gasteiger partial charge on any atom is -0.380 e. The Morgan fingerprint density at radius 1 is 1.47 bits per heavy atom. The maximum atomic E-state index is 10.7. The number of hydrogen-bond donors (Lipinski definition) is 1. The molecular weight excluding hydrogens is 286 g/mol. The predicted molar refractivity (Wildman–Crippen MR) is 77.0 cm³/mol. The number of rotatable bonds is 4. The van der Waals surface area contributed by atoms with Crippen LogP contribution in [0.25, 0.3) is 0 Å². The molecule has 0 spiro atoms. The molecule has 0 aliphatic rings. The molecule has 0 unspecified atom stereocenters. The van der Waals surface area contributed by atoms with Gasteiger partial charge < -0.3 is 5.32 Å². The minimum atomic E-state index is -0.497. The molecule has 19 heavy (non-hydrogen) atoms. The van der Waals surface area contributed by atoms with Crippen LogP contribution in [0.3, 0.4) is 0 Å². The molecule has 1 N–H and O–H groups in total. The number of thiazole rings is 1. The lowest BCUT2D eigenvalue weighted by Gasteiger charge is -2.05. The van der Waals surface area contributed by atoms with Crippen molar-refractivity contribution in [2.75, 3.05) is 5.32 Å². The molecule has 0 fully saturated rings. The van der Waals surface area contributed by atoms with E-state index in [0.717, 1.165) is 21.3 Å². The number of nitro groups is 1. The second kappa shape index (κ2) is 5.54. The van der Waals surface area contributed by atoms with Crippen molar-refractivity contribution in [3.05, 3.63) is 48.9 Å². The maximum absolute atomic E-state index is 10.7. The van der Waals surface area contributed by atoms with Crippen molar-refractivity contribution >= 4 is 34.3 Å². The summed E-state index contributed by atoms with van der Waals surface area (Å²) >= 11 is 7.48. The van der Waals surface area contributed by atoms with E-state index in [2.05, 4.69) is 10.3 Å². The zero-order valence-electron chi connectivity index (χ0n) is 10.4. The van der Waals surface area contributed by atoms with Gasteiger partial charge in [-0.2, -0.15) is 0 Å². The van der Waals surface area contributed by atoms with Crippen LogP contribution < -0.4 is 5.32 Å². The molecule has 1 aromatic carbocycles. The molecule has 0 saturated heterocycles. The van der Waals surface area contributed by atoms with Crippen LogP contribution >= 0.6 is 22.9 Å². The molecule has 0 amide bonds. The average molecular weight is 298 g/mol. The van der Waals surface area contributed by atoms with Crippen LogP contribution in [0.1, 0.15) is 15.6 Å². The Morgan fingerprint density at radius 3 is 2.74 bits per heavy atom. The SMILES string of the molecule is Cc1nc(C)c(CNc2ccc([N+](=O)[O-])c(Cl)c2)s1. The van der Waals surface area contributed by atoms with E-state index < -0.39 is 4.92 Å². The Kier molecular flexibility index (Phi) is 4.01. The highest BCUT2D eigenvalue weighted by Crippen LogP contribution is 2.28. The van der Waals surface area contributed by atoms with E-state index in [1.54, 1.807) is 23.5 Å². The Hall–Kier alpha value is -1.66. The van der Waals surface area contributed by atoms with Crippen LogP contribution in [0.4, 0.5) is 11.4 Å². The monoisotopic (exact) mass is 297 g/mol. The molecule has 0 aliphatic heterocycles. The Morgan fingerprint density at radius 2 is 2.21 bits per heavy atom. The Balaban J connectivity index is 2.10. The van der Waals surface area contributed by atoms with E-state index >= 15 is 0 Å². The van der Waals surface area contributed by atoms with Gasteiger partial charge >= 0.3 is 0 Å². The first kappa shape index (κ1) is 13.8. The smallest absolute Gasteiger partial charge is 0.288 e. The van der Waals surface area contributed by atoms with E-state index in [4.69, 9.17) is 11.6 Å². The van der Waals surface area contributed by atoms with Gasteiger partial charge in [0.15, 0.2) is 0 Å². The van der Waals surface area contributed by atoms with Crippen LogP contribution in [0, 0.1) is 24.0 Å². The quantitative estimate of drug-likeness (QED) is 0.685. The second-order valence-electron chi connectivity index (χ2n) is 4.02. The highest BCUT2D eigenvalue weighted by Gasteiger charge is 2.12. The summed E-state index contributed by atoms with van der Waals surface area (Å²) in [6.07, 6.45) is 0. The van der Waals surface area contributed by atoms with Crippen molar-refractivity contribution in [2.45, 2.75) is 20.4 Å². The van der Waals surface area contributed by atoms with Crippen LogP contribution in [-0.4, -0.2) is 9.91 Å². The van der Waals surface area contributed by atoms with E-state index in [-0.39, 0.29) is 10.7 Å². The van der Waals surface area contributed by atoms with Crippen molar-refractivity contribution < 1.29 is 4.92 Å². The molecule has 0 atom stereocenters. The normalized spacial score (nSPS) is 10.5. The fraction of sp³-hybridized carbons (Fsp3) is 0.250. The number of nitro benzene ring substituents is 1. The van der Waals surface area contributed by atoms with E-state index in [0.29, 0.717) is 6.54 Å². The van der Waals surface area contributed by atoms with Gasteiger partial charge in [0.05, 0.1) is 22.2 Å². The van der Waals surface area contributed by atoms with E-state index in [1.165, 1.54) is 6.07 Å². The van der Waals surface area contributed by atoms with Crippen molar-refractivity contribution in [1.29, 1.82) is 0 Å². The minimum absolute atomic E-state index is 0.0861. The Bertz CT molecular complexity index is 627. The number of nitrogens with one attached hydrogen (secondary N) is 1. The zero-order chi connectivity index (χ0) is 14.0. The number of halogens is 1. The zero-order valence-corrected chi connectivity index (χ0v) is 12.0. The summed E-state index contributed by atoms with van der Waals surface area (Å²) in [6, 6.07) is 4.60. The second-order valence-corrected chi connectivity index (χ2v) is 5.71. The third-order valence-corrected chi connectivity index (χ3v) is 3.97. The van der Waals surface area contributed by atoms with Gasteiger partial charge in [-0.1, -0.05) is 11.6 Å².